The van der Waals surface area contributed by atoms with E-state index >= 15 is 0 Å². The second-order valence-electron chi connectivity index (χ2n) is 10.5. The molecule has 0 radical (unpaired) electrons. The van der Waals surface area contributed by atoms with Crippen LogP contribution in [0.2, 0.25) is 0 Å². The molecule has 0 saturated carbocycles. The van der Waals surface area contributed by atoms with E-state index in [1.54, 1.807) is 10.6 Å². The van der Waals surface area contributed by atoms with E-state index in [4.69, 9.17) is 10.1 Å². The predicted molar refractivity (Wildman–Crippen MR) is 144 cm³/mol. The molecule has 0 bridgehead atoms. The first-order valence-corrected chi connectivity index (χ1v) is 13.2. The Morgan fingerprint density at radius 1 is 1.22 bits per heavy atom. The van der Waals surface area contributed by atoms with Crippen molar-refractivity contribution in [1.29, 1.82) is 0 Å². The molecule has 1 saturated heterocycles. The number of hydrogen-bond donors (Lipinski definition) is 2. The molecule has 11 heteroatoms. The maximum atomic E-state index is 13.9. The van der Waals surface area contributed by atoms with Crippen molar-refractivity contribution in [3.05, 3.63) is 30.1 Å². The van der Waals surface area contributed by atoms with Crippen molar-refractivity contribution in [2.45, 2.75) is 32.7 Å². The third-order valence-electron chi connectivity index (χ3n) is 6.06. The van der Waals surface area contributed by atoms with Gasteiger partial charge in [-0.25, -0.2) is 9.37 Å². The summed E-state index contributed by atoms with van der Waals surface area (Å²) < 4.78 is 15.6. The summed E-state index contributed by atoms with van der Waals surface area (Å²) in [6, 6.07) is 6.41. The average molecular weight is 517 g/mol. The third-order valence-corrected chi connectivity index (χ3v) is 7.08. The number of amides is 1. The molecular formula is C25H37FN8OS. The van der Waals surface area contributed by atoms with E-state index in [-0.39, 0.29) is 23.8 Å². The second-order valence-corrected chi connectivity index (χ2v) is 11.4. The van der Waals surface area contributed by atoms with Crippen molar-refractivity contribution >= 4 is 33.2 Å². The summed E-state index contributed by atoms with van der Waals surface area (Å²) in [6.07, 6.45) is 0.939. The molecule has 196 valence electrons. The van der Waals surface area contributed by atoms with Gasteiger partial charge in [0.1, 0.15) is 11.5 Å². The molecule has 0 spiro atoms. The van der Waals surface area contributed by atoms with E-state index in [9.17, 15) is 9.18 Å². The number of halogens is 1. The van der Waals surface area contributed by atoms with E-state index in [2.05, 4.69) is 48.3 Å². The summed E-state index contributed by atoms with van der Waals surface area (Å²) in [4.78, 5) is 24.6. The van der Waals surface area contributed by atoms with Crippen molar-refractivity contribution in [1.82, 2.24) is 29.7 Å². The van der Waals surface area contributed by atoms with Gasteiger partial charge in [-0.2, -0.15) is 4.52 Å². The summed E-state index contributed by atoms with van der Waals surface area (Å²) >= 11 is 1.40. The predicted octanol–water partition coefficient (Wildman–Crippen LogP) is 3.00. The lowest BCUT2D eigenvalue weighted by Crippen LogP contribution is -2.45. The van der Waals surface area contributed by atoms with Gasteiger partial charge in [0, 0.05) is 50.9 Å². The molecule has 1 aromatic carbocycles. The molecule has 36 heavy (non-hydrogen) atoms. The summed E-state index contributed by atoms with van der Waals surface area (Å²) in [6.45, 7) is 12.4. The monoisotopic (exact) mass is 516 g/mol. The molecule has 0 aliphatic carbocycles. The smallest absolute Gasteiger partial charge is 0.239 e. The molecule has 1 aliphatic heterocycles. The SMILES string of the molecule is CN1CCN(CCCNC(=O)CN(C)c2nn3c(NC(C)(C)C)c(-c4cccc(F)c4)nc3s2)CC1. The van der Waals surface area contributed by atoms with Gasteiger partial charge in [0.05, 0.1) is 6.54 Å². The Balaban J connectivity index is 1.39. The molecule has 2 N–H and O–H groups in total. The van der Waals surface area contributed by atoms with Crippen LogP contribution in [0.15, 0.2) is 24.3 Å². The minimum atomic E-state index is -0.312. The summed E-state index contributed by atoms with van der Waals surface area (Å²) in [5.74, 6) is 0.359. The van der Waals surface area contributed by atoms with Crippen LogP contribution in [0, 0.1) is 5.82 Å². The minimum Gasteiger partial charge on any atom is -0.364 e. The zero-order valence-electron chi connectivity index (χ0n) is 21.8. The van der Waals surface area contributed by atoms with E-state index in [1.807, 2.05) is 18.0 Å². The number of nitrogens with one attached hydrogen (secondary N) is 2. The lowest BCUT2D eigenvalue weighted by Gasteiger charge is -2.32. The maximum Gasteiger partial charge on any atom is 0.239 e. The highest BCUT2D eigenvalue weighted by Crippen LogP contribution is 2.34. The first-order chi connectivity index (χ1) is 17.1. The molecule has 3 heterocycles. The molecule has 0 unspecified atom stereocenters. The van der Waals surface area contributed by atoms with E-state index in [1.165, 1.54) is 23.5 Å². The number of carbonyl (C=O) groups is 1. The van der Waals surface area contributed by atoms with Crippen LogP contribution in [-0.2, 0) is 4.79 Å². The van der Waals surface area contributed by atoms with Crippen LogP contribution in [0.5, 0.6) is 0 Å². The number of imidazole rings is 1. The number of rotatable bonds is 9. The minimum absolute atomic E-state index is 0.0304. The van der Waals surface area contributed by atoms with Gasteiger partial charge in [-0.1, -0.05) is 23.5 Å². The van der Waals surface area contributed by atoms with Crippen molar-refractivity contribution in [3.63, 3.8) is 0 Å². The molecular weight excluding hydrogens is 479 g/mol. The standard InChI is InChI=1S/C25H37FN8OS/c1-25(2,3)29-22-21(18-8-6-9-19(26)16-18)28-23-34(22)30-24(36-23)32(5)17-20(35)27-10-7-11-33-14-12-31(4)13-15-33/h6,8-9,16,29H,7,10-15,17H2,1-5H3,(H,27,35). The number of benzene rings is 1. The molecule has 4 rings (SSSR count). The molecule has 3 aromatic rings. The van der Waals surface area contributed by atoms with E-state index < -0.39 is 0 Å². The van der Waals surface area contributed by atoms with Crippen LogP contribution in [0.4, 0.5) is 15.3 Å². The first-order valence-electron chi connectivity index (χ1n) is 12.4. The highest BCUT2D eigenvalue weighted by molar-refractivity contribution is 7.20. The fourth-order valence-corrected chi connectivity index (χ4v) is 5.00. The molecule has 1 fully saturated rings. The van der Waals surface area contributed by atoms with Crippen LogP contribution in [0.25, 0.3) is 16.2 Å². The van der Waals surface area contributed by atoms with Gasteiger partial charge in [-0.05, 0) is 52.9 Å². The Hall–Kier alpha value is -2.76. The number of nitrogens with zero attached hydrogens (tertiary/aromatic N) is 6. The van der Waals surface area contributed by atoms with E-state index in [0.717, 1.165) is 39.1 Å². The molecule has 0 atom stereocenters. The number of hydrogen-bond acceptors (Lipinski definition) is 8. The Bertz CT molecular complexity index is 1180. The molecule has 2 aromatic heterocycles. The van der Waals surface area contributed by atoms with Crippen LogP contribution < -0.4 is 15.5 Å². The maximum absolute atomic E-state index is 13.9. The zero-order chi connectivity index (χ0) is 25.9. The van der Waals surface area contributed by atoms with Crippen molar-refractivity contribution in [2.75, 3.05) is 70.1 Å². The lowest BCUT2D eigenvalue weighted by atomic mass is 10.1. The van der Waals surface area contributed by atoms with Gasteiger partial charge < -0.3 is 25.3 Å². The number of likely N-dealkylation sites (N-methyl/N-ethyl adjacent to an activating group) is 2. The fourth-order valence-electron chi connectivity index (χ4n) is 4.14. The van der Waals surface area contributed by atoms with Gasteiger partial charge in [-0.3, -0.25) is 4.79 Å². The Labute approximate surface area is 216 Å². The van der Waals surface area contributed by atoms with Gasteiger partial charge in [0.25, 0.3) is 0 Å². The van der Waals surface area contributed by atoms with Gasteiger partial charge in [-0.15, -0.1) is 5.10 Å². The summed E-state index contributed by atoms with van der Waals surface area (Å²) in [7, 11) is 4.01. The zero-order valence-corrected chi connectivity index (χ0v) is 22.7. The molecule has 9 nitrogen and oxygen atoms in total. The van der Waals surface area contributed by atoms with Crippen molar-refractivity contribution in [3.8, 4) is 11.3 Å². The lowest BCUT2D eigenvalue weighted by molar-refractivity contribution is -0.119. The fraction of sp³-hybridized carbons (Fsp3) is 0.560. The molecule has 1 amide bonds. The largest absolute Gasteiger partial charge is 0.364 e. The average Bonchev–Trinajstić information content (AvgIpc) is 3.36. The Kier molecular flexibility index (Phi) is 8.11. The molecule has 1 aliphatic rings. The second kappa shape index (κ2) is 11.1. The summed E-state index contributed by atoms with van der Waals surface area (Å²) in [5.41, 5.74) is 1.08. The topological polar surface area (TPSA) is 81.0 Å². The normalized spacial score (nSPS) is 15.4. The van der Waals surface area contributed by atoms with Gasteiger partial charge in [0.15, 0.2) is 5.82 Å². The third kappa shape index (κ3) is 6.71. The van der Waals surface area contributed by atoms with Gasteiger partial charge in [0.2, 0.25) is 16.0 Å². The van der Waals surface area contributed by atoms with Crippen molar-refractivity contribution < 1.29 is 9.18 Å². The van der Waals surface area contributed by atoms with Crippen LogP contribution in [0.3, 0.4) is 0 Å². The summed E-state index contributed by atoms with van der Waals surface area (Å²) in [5, 5.41) is 11.9. The van der Waals surface area contributed by atoms with E-state index in [0.29, 0.717) is 33.7 Å². The quantitative estimate of drug-likeness (QED) is 0.423. The van der Waals surface area contributed by atoms with Crippen molar-refractivity contribution in [2.24, 2.45) is 0 Å². The van der Waals surface area contributed by atoms with Crippen LogP contribution >= 0.6 is 11.3 Å². The number of carbonyl (C=O) groups excluding carboxylic acids is 1. The Morgan fingerprint density at radius 2 is 1.97 bits per heavy atom. The first kappa shape index (κ1) is 26.3. The number of anilines is 2. The highest BCUT2D eigenvalue weighted by Gasteiger charge is 2.23. The highest BCUT2D eigenvalue weighted by atomic mass is 32.1. The van der Waals surface area contributed by atoms with Crippen LogP contribution in [-0.4, -0.2) is 95.8 Å². The van der Waals surface area contributed by atoms with Gasteiger partial charge >= 0.3 is 0 Å². The number of piperazine rings is 1. The number of aromatic nitrogens is 3. The van der Waals surface area contributed by atoms with Crippen LogP contribution in [0.1, 0.15) is 27.2 Å². The Morgan fingerprint density at radius 3 is 2.67 bits per heavy atom. The number of fused-ring (bicyclic) bond motifs is 1.